The zero-order valence-electron chi connectivity index (χ0n) is 35.0. The van der Waals surface area contributed by atoms with Gasteiger partial charge in [0, 0.05) is 33.7 Å². The quantitative estimate of drug-likeness (QED) is 0.0959. The summed E-state index contributed by atoms with van der Waals surface area (Å²) in [5.41, 5.74) is -0.736. The van der Waals surface area contributed by atoms with E-state index in [-0.39, 0.29) is 43.6 Å². The van der Waals surface area contributed by atoms with E-state index in [4.69, 9.17) is 8.37 Å². The minimum atomic E-state index is -5.18. The van der Waals surface area contributed by atoms with Crippen molar-refractivity contribution in [2.45, 2.75) is 43.2 Å². The number of aromatic nitrogens is 6. The molecule has 0 aliphatic heterocycles. The van der Waals surface area contributed by atoms with Crippen LogP contribution in [0.3, 0.4) is 0 Å². The number of rotatable bonds is 12. The molecule has 0 atom stereocenters. The van der Waals surface area contributed by atoms with Gasteiger partial charge in [-0.3, -0.25) is 18.2 Å². The average Bonchev–Trinajstić information content (AvgIpc) is 3.90. The Labute approximate surface area is 395 Å². The van der Waals surface area contributed by atoms with Crippen LogP contribution in [0.2, 0.25) is 0 Å². The van der Waals surface area contributed by atoms with Gasteiger partial charge in [-0.1, -0.05) is 47.5 Å². The maximum absolute atomic E-state index is 14.1. The summed E-state index contributed by atoms with van der Waals surface area (Å²) in [4.78, 5) is -3.32. The number of hydrogen-bond donors (Lipinski definition) is 4. The molecule has 7 aromatic carbocycles. The molecule has 0 radical (unpaired) electrons. The van der Waals surface area contributed by atoms with Gasteiger partial charge in [0.25, 0.3) is 40.5 Å². The third-order valence-corrected chi connectivity index (χ3v) is 16.4. The molecule has 0 aliphatic rings. The summed E-state index contributed by atoms with van der Waals surface area (Å²) in [6.45, 7) is 3.36. The molecule has 362 valence electrons. The summed E-state index contributed by atoms with van der Waals surface area (Å²) in [6, 6.07) is 19.6. The van der Waals surface area contributed by atoms with Crippen LogP contribution in [0.1, 0.15) is 11.1 Å². The SMILES string of the molecule is Cc1ccc(S(=O)(=O)Oc2cc(-n3nc4ccc5c(S(=O)(=O)O)cc(S(=O)(=O)O)cc5c4n3)c(OS(=O)(=O)c3ccc(C)cc3)cc2-n2nc3ccc4c(S(=O)(=O)O)cc(S(=O)(=O)O)cc4c3n2)cc1. The molecule has 0 saturated carbocycles. The minimum Gasteiger partial charge on any atom is -0.376 e. The van der Waals surface area contributed by atoms with E-state index in [1.54, 1.807) is 13.8 Å². The molecule has 4 N–H and O–H groups in total. The zero-order valence-corrected chi connectivity index (χ0v) is 39.9. The molecular formula is C40H28N6O18S6. The average molecular weight is 1070 g/mol. The maximum atomic E-state index is 14.1. The van der Waals surface area contributed by atoms with Crippen molar-refractivity contribution in [3.05, 3.63) is 120 Å². The molecule has 0 fully saturated rings. The van der Waals surface area contributed by atoms with E-state index in [0.29, 0.717) is 32.9 Å². The Balaban J connectivity index is 1.36. The lowest BCUT2D eigenvalue weighted by atomic mass is 10.1. The van der Waals surface area contributed by atoms with Gasteiger partial charge in [-0.05, 0) is 74.5 Å². The Hall–Kier alpha value is -7.00. The van der Waals surface area contributed by atoms with Crippen molar-refractivity contribution in [1.82, 2.24) is 30.0 Å². The highest BCUT2D eigenvalue weighted by molar-refractivity contribution is 7.88. The van der Waals surface area contributed by atoms with E-state index < -0.39 is 113 Å². The third-order valence-electron chi connectivity index (χ3n) is 10.5. The van der Waals surface area contributed by atoms with Gasteiger partial charge in [0.2, 0.25) is 0 Å². The van der Waals surface area contributed by atoms with Crippen LogP contribution in [0.25, 0.3) is 55.0 Å². The zero-order chi connectivity index (χ0) is 50.7. The van der Waals surface area contributed by atoms with Crippen LogP contribution in [-0.2, 0) is 60.7 Å². The molecular weight excluding hydrogens is 1040 g/mol. The van der Waals surface area contributed by atoms with E-state index in [2.05, 4.69) is 20.4 Å². The summed E-state index contributed by atoms with van der Waals surface area (Å²) >= 11 is 0. The van der Waals surface area contributed by atoms with Crippen LogP contribution in [0, 0.1) is 13.8 Å². The summed E-state index contributed by atoms with van der Waals surface area (Å²) in [5, 5.41) is 16.1. The van der Waals surface area contributed by atoms with Gasteiger partial charge in [0.05, 0.1) is 9.79 Å². The maximum Gasteiger partial charge on any atom is 0.339 e. The smallest absolute Gasteiger partial charge is 0.339 e. The Kier molecular flexibility index (Phi) is 11.2. The van der Waals surface area contributed by atoms with E-state index >= 15 is 0 Å². The molecule has 30 heteroatoms. The second kappa shape index (κ2) is 16.3. The number of fused-ring (bicyclic) bond motifs is 6. The summed E-state index contributed by atoms with van der Waals surface area (Å²) in [7, 11) is -30.4. The van der Waals surface area contributed by atoms with E-state index in [1.165, 1.54) is 60.7 Å². The van der Waals surface area contributed by atoms with Crippen LogP contribution in [0.5, 0.6) is 11.5 Å². The molecule has 0 amide bonds. The van der Waals surface area contributed by atoms with Crippen molar-refractivity contribution in [2.24, 2.45) is 0 Å². The van der Waals surface area contributed by atoms with E-state index in [0.717, 1.165) is 36.4 Å². The first-order chi connectivity index (χ1) is 32.5. The molecule has 2 aromatic heterocycles. The predicted molar refractivity (Wildman–Crippen MR) is 244 cm³/mol. The van der Waals surface area contributed by atoms with Crippen molar-refractivity contribution in [3.8, 4) is 22.9 Å². The van der Waals surface area contributed by atoms with Crippen LogP contribution in [0.4, 0.5) is 0 Å². The van der Waals surface area contributed by atoms with Gasteiger partial charge >= 0.3 is 20.2 Å². The van der Waals surface area contributed by atoms with Gasteiger partial charge in [0.1, 0.15) is 53.0 Å². The summed E-state index contributed by atoms with van der Waals surface area (Å²) in [5.74, 6) is -1.46. The van der Waals surface area contributed by atoms with Crippen LogP contribution in [0.15, 0.2) is 139 Å². The van der Waals surface area contributed by atoms with Crippen LogP contribution in [-0.4, -0.2) is 98.7 Å². The van der Waals surface area contributed by atoms with Crippen molar-refractivity contribution in [1.29, 1.82) is 0 Å². The second-order valence-corrected chi connectivity index (χ2v) is 24.0. The van der Waals surface area contributed by atoms with E-state index in [9.17, 15) is 68.7 Å². The van der Waals surface area contributed by atoms with Crippen LogP contribution >= 0.6 is 0 Å². The first kappa shape index (κ1) is 48.0. The molecule has 2 heterocycles. The lowest BCUT2D eigenvalue weighted by Gasteiger charge is -2.16. The Morgan fingerprint density at radius 1 is 0.386 bits per heavy atom. The summed E-state index contributed by atoms with van der Waals surface area (Å²) in [6.07, 6.45) is 0. The first-order valence-electron chi connectivity index (χ1n) is 19.3. The molecule has 0 aliphatic carbocycles. The fraction of sp³-hybridized carbons (Fsp3) is 0.0500. The molecule has 0 bridgehead atoms. The molecule has 0 spiro atoms. The third kappa shape index (κ3) is 8.91. The Morgan fingerprint density at radius 2 is 0.729 bits per heavy atom. The van der Waals surface area contributed by atoms with Crippen LogP contribution < -0.4 is 8.37 Å². The molecule has 24 nitrogen and oxygen atoms in total. The standard InChI is InChI=1S/C40H28N6O18S6/c1-21-3-7-23(8-4-21)69(59,60)63-35-19-34(46-42-32-14-12-28-30(40(32)44-46)16-26(66(50,51)52)18-38(28)68(56,57)58)36(64-70(61,62)24-9-5-22(2)6-10-24)20-33(35)45-41-31-13-11-27-29(39(31)43-45)15-25(65(47,48)49)17-37(27)67(53,54)55/h3-20H,1-2H3,(H,47,48,49)(H,50,51,52)(H,53,54,55)(H,56,57,58). The van der Waals surface area contributed by atoms with Gasteiger partial charge in [0.15, 0.2) is 11.5 Å². The number of benzene rings is 7. The van der Waals surface area contributed by atoms with Gasteiger partial charge in [-0.25, -0.2) is 0 Å². The topological polar surface area (TPSA) is 366 Å². The number of hydrogen-bond acceptors (Lipinski definition) is 18. The van der Waals surface area contributed by atoms with Crippen molar-refractivity contribution in [3.63, 3.8) is 0 Å². The highest BCUT2D eigenvalue weighted by Gasteiger charge is 2.30. The highest BCUT2D eigenvalue weighted by Crippen LogP contribution is 2.40. The predicted octanol–water partition coefficient (Wildman–Crippen LogP) is 4.60. The number of nitrogens with zero attached hydrogens (tertiary/aromatic N) is 6. The van der Waals surface area contributed by atoms with Crippen molar-refractivity contribution >= 4 is 104 Å². The molecule has 0 saturated heterocycles. The first-order valence-corrected chi connectivity index (χ1v) is 27.8. The van der Waals surface area contributed by atoms with Gasteiger partial charge in [-0.2, -0.15) is 50.5 Å². The highest BCUT2D eigenvalue weighted by atomic mass is 32.2. The van der Waals surface area contributed by atoms with Crippen molar-refractivity contribution < 1.29 is 77.1 Å². The Bertz CT molecular complexity index is 4160. The summed E-state index contributed by atoms with van der Waals surface area (Å²) < 4.78 is 207. The molecule has 9 rings (SSSR count). The van der Waals surface area contributed by atoms with E-state index in [1.807, 2.05) is 0 Å². The second-order valence-electron chi connectivity index (χ2n) is 15.3. The monoisotopic (exact) mass is 1070 g/mol. The Morgan fingerprint density at radius 3 is 1.04 bits per heavy atom. The molecule has 70 heavy (non-hydrogen) atoms. The lowest BCUT2D eigenvalue weighted by Crippen LogP contribution is -2.16. The number of aryl methyl sites for hydroxylation is 2. The lowest BCUT2D eigenvalue weighted by molar-refractivity contribution is 0.471. The fourth-order valence-corrected chi connectivity index (χ4v) is 11.7. The van der Waals surface area contributed by atoms with Gasteiger partial charge in [-0.15, -0.1) is 30.0 Å². The molecule has 0 unspecified atom stereocenters. The van der Waals surface area contributed by atoms with Gasteiger partial charge < -0.3 is 8.37 Å². The largest absolute Gasteiger partial charge is 0.376 e. The fourth-order valence-electron chi connectivity index (χ4n) is 7.17. The van der Waals surface area contributed by atoms with Crippen molar-refractivity contribution in [2.75, 3.05) is 0 Å². The minimum absolute atomic E-state index is 0.159. The molecule has 9 aromatic rings. The normalized spacial score (nSPS) is 13.1.